The number of benzene rings is 2. The van der Waals surface area contributed by atoms with E-state index in [4.69, 9.17) is 21.1 Å². The largest absolute Gasteiger partial charge is 0.488 e. The smallest absolute Gasteiger partial charge is 0.257 e. The van der Waals surface area contributed by atoms with E-state index in [0.29, 0.717) is 28.6 Å². The number of anilines is 1. The van der Waals surface area contributed by atoms with Crippen molar-refractivity contribution in [1.29, 1.82) is 0 Å². The zero-order valence-electron chi connectivity index (χ0n) is 17.9. The molecule has 2 heterocycles. The summed E-state index contributed by atoms with van der Waals surface area (Å²) in [6.45, 7) is 3.00. The van der Waals surface area contributed by atoms with Crippen molar-refractivity contribution in [2.45, 2.75) is 19.4 Å². The van der Waals surface area contributed by atoms with Crippen molar-refractivity contribution in [3.8, 4) is 17.2 Å². The number of nitrogens with zero attached hydrogens (tertiary/aromatic N) is 2. The van der Waals surface area contributed by atoms with Crippen LogP contribution in [0, 0.1) is 0 Å². The molecule has 0 bridgehead atoms. The van der Waals surface area contributed by atoms with Gasteiger partial charge >= 0.3 is 0 Å². The molecule has 0 spiro atoms. The molecular formula is C23H23ClN4O5. The molecule has 0 aliphatic carbocycles. The number of aromatic amines is 1. The van der Waals surface area contributed by atoms with E-state index in [1.165, 1.54) is 12.3 Å². The summed E-state index contributed by atoms with van der Waals surface area (Å²) in [6.07, 6.45) is 2.04. The van der Waals surface area contributed by atoms with E-state index in [0.717, 1.165) is 19.5 Å². The first-order valence-corrected chi connectivity index (χ1v) is 10.8. The highest BCUT2D eigenvalue weighted by Crippen LogP contribution is 2.33. The minimum Gasteiger partial charge on any atom is -0.488 e. The maximum atomic E-state index is 12.7. The average Bonchev–Trinajstić information content (AvgIpc) is 3.26. The summed E-state index contributed by atoms with van der Waals surface area (Å²) >= 11 is 6.38. The van der Waals surface area contributed by atoms with E-state index in [2.05, 4.69) is 15.5 Å². The average molecular weight is 471 g/mol. The maximum absolute atomic E-state index is 12.7. The van der Waals surface area contributed by atoms with E-state index in [1.807, 2.05) is 0 Å². The van der Waals surface area contributed by atoms with Crippen LogP contribution in [0.4, 0.5) is 5.82 Å². The lowest BCUT2D eigenvalue weighted by Gasteiger charge is -2.31. The molecule has 1 aromatic heterocycles. The van der Waals surface area contributed by atoms with Crippen molar-refractivity contribution in [3.05, 3.63) is 64.8 Å². The lowest BCUT2D eigenvalue weighted by atomic mass is 10.1. The van der Waals surface area contributed by atoms with Crippen LogP contribution in [0.25, 0.3) is 0 Å². The standard InChI is InChI=1S/C23H23ClN4O5/c1-14(13-29)32-17-9-16(22(30)26-21-5-6-25-27-21)10-18(12-17)33-20-4-3-15(11-19(20)24)23(31)28-7-2-8-28/h3-6,9-12,14,29H,2,7-8,13H2,1H3,(H2,25,26,27,30)/t14-/m0/s1. The fraction of sp³-hybridized carbons (Fsp3) is 0.261. The highest BCUT2D eigenvalue weighted by molar-refractivity contribution is 6.32. The van der Waals surface area contributed by atoms with Crippen LogP contribution >= 0.6 is 11.6 Å². The number of aromatic nitrogens is 2. The Labute approximate surface area is 195 Å². The van der Waals surface area contributed by atoms with Gasteiger partial charge in [0.05, 0.1) is 17.8 Å². The number of hydrogen-bond donors (Lipinski definition) is 3. The second-order valence-corrected chi connectivity index (χ2v) is 8.03. The van der Waals surface area contributed by atoms with E-state index >= 15 is 0 Å². The van der Waals surface area contributed by atoms with Crippen molar-refractivity contribution < 1.29 is 24.2 Å². The molecule has 33 heavy (non-hydrogen) atoms. The Morgan fingerprint density at radius 3 is 2.61 bits per heavy atom. The van der Waals surface area contributed by atoms with E-state index in [1.54, 1.807) is 48.2 Å². The summed E-state index contributed by atoms with van der Waals surface area (Å²) < 4.78 is 11.6. The van der Waals surface area contributed by atoms with Crippen molar-refractivity contribution in [2.75, 3.05) is 25.0 Å². The van der Waals surface area contributed by atoms with Gasteiger partial charge in [0.2, 0.25) is 0 Å². The van der Waals surface area contributed by atoms with Gasteiger partial charge in [-0.15, -0.1) is 0 Å². The third-order valence-electron chi connectivity index (χ3n) is 5.04. The summed E-state index contributed by atoms with van der Waals surface area (Å²) in [5, 5.41) is 18.7. The number of carbonyl (C=O) groups is 2. The van der Waals surface area contributed by atoms with Gasteiger partial charge in [0.15, 0.2) is 0 Å². The first kappa shape index (κ1) is 22.6. The van der Waals surface area contributed by atoms with Crippen molar-refractivity contribution in [3.63, 3.8) is 0 Å². The number of H-pyrrole nitrogens is 1. The van der Waals surface area contributed by atoms with Gasteiger partial charge in [-0.3, -0.25) is 14.7 Å². The Bertz CT molecular complexity index is 1150. The van der Waals surface area contributed by atoms with Crippen LogP contribution in [0.5, 0.6) is 17.2 Å². The molecule has 3 aromatic rings. The van der Waals surface area contributed by atoms with Gasteiger partial charge in [0.25, 0.3) is 11.8 Å². The molecule has 172 valence electrons. The second kappa shape index (κ2) is 9.93. The molecule has 1 fully saturated rings. The van der Waals surface area contributed by atoms with Crippen LogP contribution in [0.1, 0.15) is 34.1 Å². The lowest BCUT2D eigenvalue weighted by molar-refractivity contribution is 0.0651. The number of rotatable bonds is 8. The molecule has 9 nitrogen and oxygen atoms in total. The van der Waals surface area contributed by atoms with Crippen LogP contribution in [-0.4, -0.2) is 57.8 Å². The van der Waals surface area contributed by atoms with Gasteiger partial charge in [0.1, 0.15) is 29.2 Å². The number of hydrogen-bond acceptors (Lipinski definition) is 6. The summed E-state index contributed by atoms with van der Waals surface area (Å²) in [4.78, 5) is 26.9. The van der Waals surface area contributed by atoms with Crippen LogP contribution in [-0.2, 0) is 0 Å². The lowest BCUT2D eigenvalue weighted by Crippen LogP contribution is -2.41. The summed E-state index contributed by atoms with van der Waals surface area (Å²) in [5.41, 5.74) is 0.753. The van der Waals surface area contributed by atoms with Gasteiger partial charge in [-0.05, 0) is 43.7 Å². The Hall–Kier alpha value is -3.56. The molecule has 0 saturated carbocycles. The maximum Gasteiger partial charge on any atom is 0.257 e. The molecule has 0 unspecified atom stereocenters. The van der Waals surface area contributed by atoms with E-state index in [-0.39, 0.29) is 23.1 Å². The summed E-state index contributed by atoms with van der Waals surface area (Å²) in [6, 6.07) is 11.1. The number of amides is 2. The topological polar surface area (TPSA) is 117 Å². The Morgan fingerprint density at radius 2 is 1.97 bits per heavy atom. The highest BCUT2D eigenvalue weighted by atomic mass is 35.5. The number of likely N-dealkylation sites (tertiary alicyclic amines) is 1. The fourth-order valence-corrected chi connectivity index (χ4v) is 3.38. The Morgan fingerprint density at radius 1 is 1.18 bits per heavy atom. The third-order valence-corrected chi connectivity index (χ3v) is 5.33. The van der Waals surface area contributed by atoms with Crippen molar-refractivity contribution in [1.82, 2.24) is 15.1 Å². The Kier molecular flexibility index (Phi) is 6.81. The van der Waals surface area contributed by atoms with Gasteiger partial charge in [-0.2, -0.15) is 5.10 Å². The molecule has 2 amide bonds. The number of nitrogens with one attached hydrogen (secondary N) is 2. The van der Waals surface area contributed by atoms with Gasteiger partial charge < -0.3 is 24.8 Å². The first-order chi connectivity index (χ1) is 15.9. The zero-order valence-corrected chi connectivity index (χ0v) is 18.6. The van der Waals surface area contributed by atoms with E-state index in [9.17, 15) is 14.7 Å². The minimum atomic E-state index is -0.487. The fourth-order valence-electron chi connectivity index (χ4n) is 3.16. The minimum absolute atomic E-state index is 0.0687. The van der Waals surface area contributed by atoms with E-state index < -0.39 is 12.0 Å². The molecule has 1 atom stereocenters. The number of aliphatic hydroxyl groups is 1. The Balaban J connectivity index is 1.58. The molecular weight excluding hydrogens is 448 g/mol. The van der Waals surface area contributed by atoms with Gasteiger partial charge in [-0.1, -0.05) is 11.6 Å². The van der Waals surface area contributed by atoms with Crippen molar-refractivity contribution >= 4 is 29.2 Å². The molecule has 0 radical (unpaired) electrons. The summed E-state index contributed by atoms with van der Waals surface area (Å²) in [5.74, 6) is 0.918. The third kappa shape index (κ3) is 5.44. The van der Waals surface area contributed by atoms with Crippen LogP contribution in [0.3, 0.4) is 0 Å². The van der Waals surface area contributed by atoms with Gasteiger partial charge in [-0.25, -0.2) is 0 Å². The van der Waals surface area contributed by atoms with Gasteiger partial charge in [0, 0.05) is 36.3 Å². The molecule has 1 saturated heterocycles. The number of aliphatic hydroxyl groups excluding tert-OH is 1. The highest BCUT2D eigenvalue weighted by Gasteiger charge is 2.22. The quantitative estimate of drug-likeness (QED) is 0.462. The zero-order chi connectivity index (χ0) is 23.4. The monoisotopic (exact) mass is 470 g/mol. The number of halogens is 1. The van der Waals surface area contributed by atoms with Crippen LogP contribution in [0.2, 0.25) is 5.02 Å². The molecule has 1 aliphatic rings. The second-order valence-electron chi connectivity index (χ2n) is 7.62. The van der Waals surface area contributed by atoms with Crippen LogP contribution < -0.4 is 14.8 Å². The first-order valence-electron chi connectivity index (χ1n) is 10.4. The normalized spacial score (nSPS) is 13.7. The molecule has 4 rings (SSSR count). The predicted octanol–water partition coefficient (Wildman–Crippen LogP) is 3.71. The van der Waals surface area contributed by atoms with Crippen molar-refractivity contribution in [2.24, 2.45) is 0 Å². The van der Waals surface area contributed by atoms with Crippen LogP contribution in [0.15, 0.2) is 48.7 Å². The number of ether oxygens (including phenoxy) is 2. The summed E-state index contributed by atoms with van der Waals surface area (Å²) in [7, 11) is 0. The predicted molar refractivity (Wildman–Crippen MR) is 122 cm³/mol. The molecule has 1 aliphatic heterocycles. The molecule has 3 N–H and O–H groups in total. The SMILES string of the molecule is C[C@@H](CO)Oc1cc(Oc2ccc(C(=O)N3CCC3)cc2Cl)cc(C(=O)Nc2ccn[nH]2)c1. The molecule has 2 aromatic carbocycles. The molecule has 10 heteroatoms. The number of carbonyl (C=O) groups excluding carboxylic acids is 2.